The van der Waals surface area contributed by atoms with E-state index in [0.29, 0.717) is 6.54 Å². The number of nitrogens with one attached hydrogen (secondary N) is 1. The zero-order chi connectivity index (χ0) is 14.2. The number of aromatic amines is 1. The monoisotopic (exact) mass is 295 g/mol. The Balaban J connectivity index is 1.72. The van der Waals surface area contributed by atoms with Crippen molar-refractivity contribution in [3.63, 3.8) is 0 Å². The van der Waals surface area contributed by atoms with Gasteiger partial charge < -0.3 is 9.55 Å². The van der Waals surface area contributed by atoms with Crippen LogP contribution in [0.1, 0.15) is 10.7 Å². The molecule has 1 N–H and O–H groups in total. The molecule has 0 unspecified atom stereocenters. The zero-order valence-electron chi connectivity index (χ0n) is 11.4. The molecule has 5 nitrogen and oxygen atoms in total. The third-order valence-electron chi connectivity index (χ3n) is 3.40. The molecule has 0 spiro atoms. The average molecular weight is 295 g/mol. The van der Waals surface area contributed by atoms with Gasteiger partial charge in [-0.2, -0.15) is 0 Å². The number of fused-ring (bicyclic) bond motifs is 1. The lowest BCUT2D eigenvalue weighted by atomic mass is 10.3. The van der Waals surface area contributed by atoms with Crippen molar-refractivity contribution >= 4 is 21.6 Å². The van der Waals surface area contributed by atoms with Gasteiger partial charge in [-0.15, -0.1) is 11.3 Å². The summed E-state index contributed by atoms with van der Waals surface area (Å²) in [5.41, 5.74) is 2.96. The van der Waals surface area contributed by atoms with Crippen LogP contribution in [0.4, 0.5) is 0 Å². The summed E-state index contributed by atoms with van der Waals surface area (Å²) in [6.07, 6.45) is 5.47. The van der Waals surface area contributed by atoms with Gasteiger partial charge in [0.15, 0.2) is 5.82 Å². The van der Waals surface area contributed by atoms with Gasteiger partial charge in [0.2, 0.25) is 0 Å². The predicted octanol–water partition coefficient (Wildman–Crippen LogP) is 3.24. The molecule has 0 radical (unpaired) electrons. The van der Waals surface area contributed by atoms with Crippen LogP contribution in [0, 0.1) is 6.92 Å². The Morgan fingerprint density at radius 1 is 1.24 bits per heavy atom. The lowest BCUT2D eigenvalue weighted by molar-refractivity contribution is 0.798. The van der Waals surface area contributed by atoms with E-state index >= 15 is 0 Å². The van der Waals surface area contributed by atoms with E-state index in [1.807, 2.05) is 31.3 Å². The van der Waals surface area contributed by atoms with Crippen LogP contribution < -0.4 is 0 Å². The topological polar surface area (TPSA) is 59.4 Å². The van der Waals surface area contributed by atoms with Crippen LogP contribution in [0.5, 0.6) is 0 Å². The van der Waals surface area contributed by atoms with Crippen molar-refractivity contribution in [2.45, 2.75) is 13.5 Å². The summed E-state index contributed by atoms with van der Waals surface area (Å²) in [5, 5.41) is 1.07. The lowest BCUT2D eigenvalue weighted by Gasteiger charge is -2.04. The molecular formula is C15H13N5S. The fourth-order valence-electron chi connectivity index (χ4n) is 2.37. The van der Waals surface area contributed by atoms with E-state index in [2.05, 4.69) is 30.6 Å². The van der Waals surface area contributed by atoms with Crippen LogP contribution in [-0.2, 0) is 6.54 Å². The second-order valence-electron chi connectivity index (χ2n) is 4.83. The molecule has 6 heteroatoms. The fourth-order valence-corrected chi connectivity index (χ4v) is 3.34. The van der Waals surface area contributed by atoms with Crippen LogP contribution in [0.2, 0.25) is 0 Å². The van der Waals surface area contributed by atoms with Gasteiger partial charge in [0, 0.05) is 18.1 Å². The van der Waals surface area contributed by atoms with Crippen LogP contribution >= 0.6 is 11.3 Å². The first-order valence-corrected chi connectivity index (χ1v) is 7.49. The quantitative estimate of drug-likeness (QED) is 0.631. The van der Waals surface area contributed by atoms with Gasteiger partial charge in [0.05, 0.1) is 23.1 Å². The van der Waals surface area contributed by atoms with Gasteiger partial charge in [0.1, 0.15) is 10.7 Å². The van der Waals surface area contributed by atoms with E-state index in [4.69, 9.17) is 0 Å². The third kappa shape index (κ3) is 2.13. The standard InChI is InChI=1S/C15H13N5S/c1-10-14(18-9-17-10)15-16-6-7-20(15)8-13-19-11-4-2-3-5-12(11)21-13/h2-7,9H,8H2,1H3,(H,17,18). The van der Waals surface area contributed by atoms with Crippen molar-refractivity contribution in [1.29, 1.82) is 0 Å². The average Bonchev–Trinajstić information content (AvgIpc) is 3.17. The Labute approximate surface area is 125 Å². The number of thiazole rings is 1. The molecule has 0 aliphatic rings. The van der Waals surface area contributed by atoms with Gasteiger partial charge in [-0.25, -0.2) is 15.0 Å². The van der Waals surface area contributed by atoms with Crippen LogP contribution in [-0.4, -0.2) is 24.5 Å². The van der Waals surface area contributed by atoms with Crippen molar-refractivity contribution < 1.29 is 0 Å². The van der Waals surface area contributed by atoms with E-state index in [1.54, 1.807) is 23.9 Å². The Bertz CT molecular complexity index is 868. The number of H-pyrrole nitrogens is 1. The molecule has 0 aliphatic carbocycles. The van der Waals surface area contributed by atoms with Crippen molar-refractivity contribution in [2.75, 3.05) is 0 Å². The number of para-hydroxylation sites is 1. The minimum atomic E-state index is 0.709. The van der Waals surface area contributed by atoms with Gasteiger partial charge in [-0.1, -0.05) is 12.1 Å². The Kier molecular flexibility index (Phi) is 2.82. The minimum Gasteiger partial charge on any atom is -0.348 e. The van der Waals surface area contributed by atoms with Crippen LogP contribution in [0.15, 0.2) is 43.0 Å². The highest BCUT2D eigenvalue weighted by Crippen LogP contribution is 2.24. The number of aryl methyl sites for hydroxylation is 1. The molecule has 0 saturated heterocycles. The van der Waals surface area contributed by atoms with Crippen molar-refractivity contribution in [2.24, 2.45) is 0 Å². The zero-order valence-corrected chi connectivity index (χ0v) is 12.3. The second-order valence-corrected chi connectivity index (χ2v) is 5.95. The van der Waals surface area contributed by atoms with E-state index in [1.165, 1.54) is 4.70 Å². The summed E-state index contributed by atoms with van der Waals surface area (Å²) >= 11 is 1.72. The SMILES string of the molecule is Cc1[nH]cnc1-c1nccn1Cc1nc2ccccc2s1. The van der Waals surface area contributed by atoms with Crippen molar-refractivity contribution in [3.05, 3.63) is 53.7 Å². The first-order valence-electron chi connectivity index (χ1n) is 6.67. The number of hydrogen-bond acceptors (Lipinski definition) is 4. The molecule has 0 saturated carbocycles. The number of hydrogen-bond donors (Lipinski definition) is 1. The van der Waals surface area contributed by atoms with E-state index < -0.39 is 0 Å². The highest BCUT2D eigenvalue weighted by Gasteiger charge is 2.13. The molecular weight excluding hydrogens is 282 g/mol. The predicted molar refractivity (Wildman–Crippen MR) is 83.3 cm³/mol. The molecule has 3 aromatic heterocycles. The Morgan fingerprint density at radius 3 is 2.95 bits per heavy atom. The number of rotatable bonds is 3. The van der Waals surface area contributed by atoms with Gasteiger partial charge >= 0.3 is 0 Å². The molecule has 104 valence electrons. The Morgan fingerprint density at radius 2 is 2.14 bits per heavy atom. The normalized spacial score (nSPS) is 11.3. The number of nitrogens with zero attached hydrogens (tertiary/aromatic N) is 4. The van der Waals surface area contributed by atoms with Crippen molar-refractivity contribution in [1.82, 2.24) is 24.5 Å². The summed E-state index contributed by atoms with van der Waals surface area (Å²) in [6.45, 7) is 2.71. The first-order chi connectivity index (χ1) is 10.3. The van der Waals surface area contributed by atoms with E-state index in [0.717, 1.165) is 27.7 Å². The van der Waals surface area contributed by atoms with Gasteiger partial charge in [-0.3, -0.25) is 0 Å². The fraction of sp³-hybridized carbons (Fsp3) is 0.133. The van der Waals surface area contributed by atoms with E-state index in [-0.39, 0.29) is 0 Å². The summed E-state index contributed by atoms with van der Waals surface area (Å²) in [5.74, 6) is 0.869. The molecule has 0 fully saturated rings. The van der Waals surface area contributed by atoms with Gasteiger partial charge in [0.25, 0.3) is 0 Å². The smallest absolute Gasteiger partial charge is 0.160 e. The maximum Gasteiger partial charge on any atom is 0.160 e. The summed E-state index contributed by atoms with van der Waals surface area (Å²) in [6, 6.07) is 8.20. The molecule has 4 rings (SSSR count). The first kappa shape index (κ1) is 12.3. The number of aromatic nitrogens is 5. The number of imidazole rings is 2. The molecule has 0 amide bonds. The molecule has 0 aliphatic heterocycles. The minimum absolute atomic E-state index is 0.709. The van der Waals surface area contributed by atoms with Gasteiger partial charge in [-0.05, 0) is 19.1 Å². The summed E-state index contributed by atoms with van der Waals surface area (Å²) < 4.78 is 3.30. The van der Waals surface area contributed by atoms with Crippen LogP contribution in [0.3, 0.4) is 0 Å². The van der Waals surface area contributed by atoms with Crippen molar-refractivity contribution in [3.8, 4) is 11.5 Å². The number of benzene rings is 1. The summed E-state index contributed by atoms with van der Waals surface area (Å²) in [4.78, 5) is 16.5. The molecule has 0 atom stereocenters. The largest absolute Gasteiger partial charge is 0.348 e. The van der Waals surface area contributed by atoms with E-state index in [9.17, 15) is 0 Å². The molecule has 21 heavy (non-hydrogen) atoms. The maximum atomic E-state index is 4.67. The highest BCUT2D eigenvalue weighted by atomic mass is 32.1. The summed E-state index contributed by atoms with van der Waals surface area (Å²) in [7, 11) is 0. The van der Waals surface area contributed by atoms with Crippen LogP contribution in [0.25, 0.3) is 21.7 Å². The molecule has 3 heterocycles. The Hall–Kier alpha value is -2.47. The maximum absolute atomic E-state index is 4.67. The second kappa shape index (κ2) is 4.82. The third-order valence-corrected chi connectivity index (χ3v) is 4.42. The highest BCUT2D eigenvalue weighted by molar-refractivity contribution is 7.18. The molecule has 1 aromatic carbocycles. The lowest BCUT2D eigenvalue weighted by Crippen LogP contribution is -2.01. The molecule has 4 aromatic rings. The molecule has 0 bridgehead atoms.